The molecule has 0 spiro atoms. The van der Waals surface area contributed by atoms with Crippen LogP contribution in [0.15, 0.2) is 61.3 Å². The monoisotopic (exact) mass is 494 g/mol. The Labute approximate surface area is 208 Å². The number of carbonyl (C=O) groups excluding carboxylic acids is 1. The number of nitrogens with zero attached hydrogens (tertiary/aromatic N) is 4. The molecule has 3 aromatic rings. The van der Waals surface area contributed by atoms with Gasteiger partial charge in [0.15, 0.2) is 0 Å². The Balaban J connectivity index is 1.10. The molecule has 188 valence electrons. The number of ketones is 1. The van der Waals surface area contributed by atoms with Gasteiger partial charge in [0, 0.05) is 44.1 Å². The molecular formula is C27H28F2N4O3. The van der Waals surface area contributed by atoms with Crippen LogP contribution in [0.1, 0.15) is 36.8 Å². The van der Waals surface area contributed by atoms with Gasteiger partial charge in [-0.1, -0.05) is 19.1 Å². The molecule has 0 amide bonds. The minimum Gasteiger partial charge on any atom is -0.491 e. The van der Waals surface area contributed by atoms with Gasteiger partial charge < -0.3 is 14.4 Å². The van der Waals surface area contributed by atoms with Crippen LogP contribution in [-0.2, 0) is 11.2 Å². The van der Waals surface area contributed by atoms with Gasteiger partial charge in [0.2, 0.25) is 0 Å². The average Bonchev–Trinajstić information content (AvgIpc) is 3.26. The fraction of sp³-hybridized carbons (Fsp3) is 0.407. The fourth-order valence-electron chi connectivity index (χ4n) is 4.31. The lowest BCUT2D eigenvalue weighted by Crippen LogP contribution is -2.25. The van der Waals surface area contributed by atoms with E-state index >= 15 is 0 Å². The van der Waals surface area contributed by atoms with Crippen LogP contribution < -0.4 is 14.4 Å². The summed E-state index contributed by atoms with van der Waals surface area (Å²) < 4.78 is 37.6. The fourth-order valence-corrected chi connectivity index (χ4v) is 4.31. The summed E-state index contributed by atoms with van der Waals surface area (Å²) in [7, 11) is 0. The lowest BCUT2D eigenvalue weighted by Gasteiger charge is -2.19. The Morgan fingerprint density at radius 3 is 2.50 bits per heavy atom. The third-order valence-electron chi connectivity index (χ3n) is 6.75. The van der Waals surface area contributed by atoms with E-state index in [0.717, 1.165) is 35.7 Å². The number of hydrogen-bond donors (Lipinski definition) is 0. The number of anilines is 1. The molecule has 36 heavy (non-hydrogen) atoms. The molecule has 1 aliphatic heterocycles. The molecule has 5 rings (SSSR count). The van der Waals surface area contributed by atoms with Gasteiger partial charge in [0.1, 0.15) is 35.5 Å². The first-order chi connectivity index (χ1) is 17.4. The molecule has 1 aromatic carbocycles. The van der Waals surface area contributed by atoms with E-state index in [2.05, 4.69) is 19.9 Å². The van der Waals surface area contributed by atoms with Crippen molar-refractivity contribution in [3.63, 3.8) is 0 Å². The molecule has 0 bridgehead atoms. The van der Waals surface area contributed by atoms with E-state index in [4.69, 9.17) is 9.47 Å². The number of halogens is 2. The van der Waals surface area contributed by atoms with Crippen LogP contribution in [0.5, 0.6) is 11.5 Å². The van der Waals surface area contributed by atoms with Crippen molar-refractivity contribution in [1.82, 2.24) is 15.0 Å². The first-order valence-electron chi connectivity index (χ1n) is 12.1. The predicted molar refractivity (Wildman–Crippen MR) is 130 cm³/mol. The van der Waals surface area contributed by atoms with Crippen LogP contribution >= 0.6 is 0 Å². The molecule has 9 heteroatoms. The minimum atomic E-state index is -2.58. The van der Waals surface area contributed by atoms with Gasteiger partial charge in [-0.2, -0.15) is 0 Å². The van der Waals surface area contributed by atoms with E-state index in [1.165, 1.54) is 6.33 Å². The highest BCUT2D eigenvalue weighted by Crippen LogP contribution is 2.48. The van der Waals surface area contributed by atoms with Gasteiger partial charge in [-0.15, -0.1) is 0 Å². The molecular weight excluding hydrogens is 466 g/mol. The van der Waals surface area contributed by atoms with Crippen molar-refractivity contribution in [3.05, 3.63) is 72.4 Å². The number of alkyl halides is 2. The topological polar surface area (TPSA) is 77.4 Å². The third kappa shape index (κ3) is 5.78. The van der Waals surface area contributed by atoms with Crippen LogP contribution in [0.2, 0.25) is 0 Å². The van der Waals surface area contributed by atoms with Gasteiger partial charge in [-0.05, 0) is 35.4 Å². The highest BCUT2D eigenvalue weighted by Gasteiger charge is 2.57. The first-order valence-corrected chi connectivity index (χ1v) is 12.1. The van der Waals surface area contributed by atoms with Crippen molar-refractivity contribution in [2.75, 3.05) is 24.6 Å². The Morgan fingerprint density at radius 1 is 1.11 bits per heavy atom. The number of pyridine rings is 1. The Bertz CT molecular complexity index is 1180. The summed E-state index contributed by atoms with van der Waals surface area (Å²) in [5.41, 5.74) is 1.74. The Hall–Kier alpha value is -3.62. The number of aromatic nitrogens is 3. The Morgan fingerprint density at radius 2 is 1.83 bits per heavy atom. The Kier molecular flexibility index (Phi) is 6.80. The zero-order valence-corrected chi connectivity index (χ0v) is 20.0. The van der Waals surface area contributed by atoms with Crippen molar-refractivity contribution in [3.8, 4) is 11.5 Å². The van der Waals surface area contributed by atoms with Crippen LogP contribution in [0.4, 0.5) is 14.6 Å². The normalized spacial score (nSPS) is 21.1. The van der Waals surface area contributed by atoms with Gasteiger partial charge in [0.05, 0.1) is 25.3 Å². The molecule has 7 nitrogen and oxygen atoms in total. The van der Waals surface area contributed by atoms with E-state index in [1.54, 1.807) is 24.7 Å². The molecule has 0 N–H and O–H groups in total. The van der Waals surface area contributed by atoms with Gasteiger partial charge in [0.25, 0.3) is 5.92 Å². The van der Waals surface area contributed by atoms with Crippen LogP contribution in [0.25, 0.3) is 0 Å². The molecule has 1 saturated heterocycles. The highest BCUT2D eigenvalue weighted by molar-refractivity contribution is 5.87. The molecule has 1 aliphatic carbocycles. The molecule has 2 unspecified atom stereocenters. The maximum absolute atomic E-state index is 13.0. The second-order valence-electron chi connectivity index (χ2n) is 9.48. The summed E-state index contributed by atoms with van der Waals surface area (Å²) in [6.45, 7) is 3.42. The number of Topliss-reactive ketones (excluding diaryl/α,β-unsaturated/α-hetero) is 1. The van der Waals surface area contributed by atoms with E-state index in [9.17, 15) is 13.6 Å². The minimum absolute atomic E-state index is 0.0152. The standard InChI is InChI=1S/C27H28F2N4O3/c1-18(25(34)10-19-12-30-17-31-13-19)20-2-4-22(5-3-20)36-24-8-9-33(15-24)26-7-6-23(14-32-26)35-16-21-11-27(21,28)29/h2-7,12-14,17-18,21,24H,8-11,15-16H2,1H3/t18?,21?,24-/m1/s1. The van der Waals surface area contributed by atoms with Crippen molar-refractivity contribution in [2.45, 2.75) is 44.1 Å². The van der Waals surface area contributed by atoms with Crippen LogP contribution in [-0.4, -0.2) is 52.5 Å². The lowest BCUT2D eigenvalue weighted by atomic mass is 9.93. The zero-order chi connectivity index (χ0) is 25.1. The van der Waals surface area contributed by atoms with Crippen molar-refractivity contribution in [2.24, 2.45) is 5.92 Å². The maximum atomic E-state index is 13.0. The van der Waals surface area contributed by atoms with E-state index < -0.39 is 11.8 Å². The molecule has 3 atom stereocenters. The summed E-state index contributed by atoms with van der Waals surface area (Å²) in [5.74, 6) is -1.33. The lowest BCUT2D eigenvalue weighted by molar-refractivity contribution is -0.119. The summed E-state index contributed by atoms with van der Waals surface area (Å²) in [6, 6.07) is 11.3. The zero-order valence-electron chi connectivity index (χ0n) is 20.0. The molecule has 2 aliphatic rings. The van der Waals surface area contributed by atoms with E-state index in [0.29, 0.717) is 18.7 Å². The number of hydrogen-bond acceptors (Lipinski definition) is 7. The maximum Gasteiger partial charge on any atom is 0.255 e. The SMILES string of the molecule is CC(C(=O)Cc1cncnc1)c1ccc(O[C@@H]2CCN(c3ccc(OCC4CC4(F)F)cn3)C2)cc1. The number of carbonyl (C=O) groups is 1. The second-order valence-corrected chi connectivity index (χ2v) is 9.48. The molecule has 2 fully saturated rings. The molecule has 2 aromatic heterocycles. The number of rotatable bonds is 10. The first kappa shape index (κ1) is 24.1. The molecule has 0 radical (unpaired) electrons. The largest absolute Gasteiger partial charge is 0.491 e. The van der Waals surface area contributed by atoms with Crippen LogP contribution in [0, 0.1) is 5.92 Å². The van der Waals surface area contributed by atoms with Gasteiger partial charge in [-0.25, -0.2) is 23.7 Å². The van der Waals surface area contributed by atoms with Crippen molar-refractivity contribution >= 4 is 11.6 Å². The van der Waals surface area contributed by atoms with Crippen LogP contribution in [0.3, 0.4) is 0 Å². The van der Waals surface area contributed by atoms with Crippen molar-refractivity contribution < 1.29 is 23.0 Å². The number of ether oxygens (including phenoxy) is 2. The summed E-state index contributed by atoms with van der Waals surface area (Å²) >= 11 is 0. The second kappa shape index (κ2) is 10.2. The van der Waals surface area contributed by atoms with Gasteiger partial charge >= 0.3 is 0 Å². The summed E-state index contributed by atoms with van der Waals surface area (Å²) in [6.07, 6.45) is 7.43. The van der Waals surface area contributed by atoms with Gasteiger partial charge in [-0.3, -0.25) is 4.79 Å². The molecule has 1 saturated carbocycles. The summed E-state index contributed by atoms with van der Waals surface area (Å²) in [5, 5.41) is 0. The summed E-state index contributed by atoms with van der Waals surface area (Å²) in [4.78, 5) is 27.1. The van der Waals surface area contributed by atoms with E-state index in [-0.39, 0.29) is 30.8 Å². The molecule has 3 heterocycles. The quantitative estimate of drug-likeness (QED) is 0.411. The number of benzene rings is 1. The average molecular weight is 495 g/mol. The van der Waals surface area contributed by atoms with Crippen molar-refractivity contribution in [1.29, 1.82) is 0 Å². The third-order valence-corrected chi connectivity index (χ3v) is 6.75. The predicted octanol–water partition coefficient (Wildman–Crippen LogP) is 4.48. The smallest absolute Gasteiger partial charge is 0.255 e. The highest BCUT2D eigenvalue weighted by atomic mass is 19.3. The van der Waals surface area contributed by atoms with E-state index in [1.807, 2.05) is 37.3 Å².